The van der Waals surface area contributed by atoms with Crippen LogP contribution in [-0.4, -0.2) is 58.0 Å². The smallest absolute Gasteiger partial charge is 0.322 e. The van der Waals surface area contributed by atoms with Crippen molar-refractivity contribution < 1.29 is 14.0 Å². The number of benzene rings is 2. The zero-order valence-electron chi connectivity index (χ0n) is 22.2. The molecule has 4 heterocycles. The molecule has 2 aromatic carbocycles. The van der Waals surface area contributed by atoms with Gasteiger partial charge < -0.3 is 20.4 Å². The van der Waals surface area contributed by atoms with Crippen LogP contribution >= 0.6 is 11.3 Å². The van der Waals surface area contributed by atoms with Gasteiger partial charge in [0.25, 0.3) is 5.91 Å². The minimum Gasteiger partial charge on any atom is -0.353 e. The molecule has 0 aliphatic carbocycles. The minimum atomic E-state index is -0.467. The second-order valence-electron chi connectivity index (χ2n) is 9.64. The average Bonchev–Trinajstić information content (AvgIpc) is 3.35. The van der Waals surface area contributed by atoms with Crippen molar-refractivity contribution in [3.63, 3.8) is 0 Å². The number of amides is 3. The second kappa shape index (κ2) is 11.3. The van der Waals surface area contributed by atoms with E-state index in [-0.39, 0.29) is 17.6 Å². The van der Waals surface area contributed by atoms with E-state index < -0.39 is 5.82 Å². The number of urea groups is 1. The van der Waals surface area contributed by atoms with Crippen LogP contribution in [0.25, 0.3) is 21.2 Å². The zero-order valence-corrected chi connectivity index (χ0v) is 23.0. The number of para-hydroxylation sites is 1. The minimum absolute atomic E-state index is 0.164. The number of thiophene rings is 1. The lowest BCUT2D eigenvalue weighted by Crippen LogP contribution is -2.50. The lowest BCUT2D eigenvalue weighted by molar-refractivity contribution is 0.103. The summed E-state index contributed by atoms with van der Waals surface area (Å²) in [5, 5.41) is 6.62. The van der Waals surface area contributed by atoms with Crippen molar-refractivity contribution in [2.24, 2.45) is 0 Å². The fourth-order valence-corrected chi connectivity index (χ4v) is 5.88. The molecule has 0 spiro atoms. The first-order valence-corrected chi connectivity index (χ1v) is 13.9. The number of piperazine rings is 1. The summed E-state index contributed by atoms with van der Waals surface area (Å²) < 4.78 is 14.9. The molecular weight excluding hydrogens is 541 g/mol. The molecule has 11 heteroatoms. The quantitative estimate of drug-likeness (QED) is 0.278. The summed E-state index contributed by atoms with van der Waals surface area (Å²) in [6, 6.07) is 15.6. The third-order valence-electron chi connectivity index (χ3n) is 7.05. The number of hydrogen-bond donors (Lipinski definition) is 2. The van der Waals surface area contributed by atoms with E-state index in [1.54, 1.807) is 35.6 Å². The van der Waals surface area contributed by atoms with E-state index in [4.69, 9.17) is 0 Å². The number of hydrogen-bond acceptors (Lipinski definition) is 7. The Bertz CT molecular complexity index is 1720. The van der Waals surface area contributed by atoms with E-state index in [0.29, 0.717) is 36.7 Å². The first-order chi connectivity index (χ1) is 20.0. The topological polar surface area (TPSA) is 103 Å². The molecule has 1 saturated heterocycles. The van der Waals surface area contributed by atoms with E-state index >= 15 is 0 Å². The summed E-state index contributed by atoms with van der Waals surface area (Å²) in [4.78, 5) is 42.8. The molecule has 206 valence electrons. The number of aryl methyl sites for hydroxylation is 1. The van der Waals surface area contributed by atoms with Crippen LogP contribution < -0.4 is 15.5 Å². The third-order valence-corrected chi connectivity index (χ3v) is 8.32. The molecule has 3 aromatic heterocycles. The highest BCUT2D eigenvalue weighted by molar-refractivity contribution is 7.21. The monoisotopic (exact) mass is 567 g/mol. The van der Waals surface area contributed by atoms with Gasteiger partial charge in [0.05, 0.1) is 22.4 Å². The first kappa shape index (κ1) is 26.3. The summed E-state index contributed by atoms with van der Waals surface area (Å²) in [7, 11) is 0. The number of nitrogens with zero attached hydrogens (tertiary/aromatic N) is 5. The Balaban J connectivity index is 1.07. The fourth-order valence-electron chi connectivity index (χ4n) is 4.80. The molecule has 0 saturated carbocycles. The molecule has 9 nitrogen and oxygen atoms in total. The van der Waals surface area contributed by atoms with Crippen LogP contribution in [0, 0.1) is 12.7 Å². The molecule has 3 amide bonds. The van der Waals surface area contributed by atoms with E-state index in [1.807, 2.05) is 31.2 Å². The highest BCUT2D eigenvalue weighted by Crippen LogP contribution is 2.34. The number of halogens is 1. The van der Waals surface area contributed by atoms with Gasteiger partial charge in [0.1, 0.15) is 18.0 Å². The van der Waals surface area contributed by atoms with Crippen molar-refractivity contribution in [1.29, 1.82) is 0 Å². The number of anilines is 3. The SMILES string of the molecule is Cc1c(C(=O)Nc2ccc(N3CCN(C(=O)Nc4ccccc4F)CC3)nc2)sc2ccc(-c3cncnc3)cc12. The van der Waals surface area contributed by atoms with E-state index in [2.05, 4.69) is 36.6 Å². The predicted octanol–water partition coefficient (Wildman–Crippen LogP) is 5.81. The van der Waals surface area contributed by atoms with Crippen molar-refractivity contribution >= 4 is 50.6 Å². The number of carbonyl (C=O) groups excluding carboxylic acids is 2. The Kier molecular flexibility index (Phi) is 7.26. The van der Waals surface area contributed by atoms with E-state index in [0.717, 1.165) is 32.6 Å². The second-order valence-corrected chi connectivity index (χ2v) is 10.7. The summed E-state index contributed by atoms with van der Waals surface area (Å²) in [6.07, 6.45) is 6.68. The largest absolute Gasteiger partial charge is 0.353 e. The van der Waals surface area contributed by atoms with Gasteiger partial charge in [-0.3, -0.25) is 4.79 Å². The van der Waals surface area contributed by atoms with Crippen molar-refractivity contribution in [3.05, 3.63) is 95.8 Å². The van der Waals surface area contributed by atoms with Gasteiger partial charge >= 0.3 is 6.03 Å². The number of carbonyl (C=O) groups is 2. The average molecular weight is 568 g/mol. The molecule has 1 aliphatic heterocycles. The van der Waals surface area contributed by atoms with Crippen LogP contribution in [0.4, 0.5) is 26.4 Å². The zero-order chi connectivity index (χ0) is 28.3. The first-order valence-electron chi connectivity index (χ1n) is 13.1. The van der Waals surface area contributed by atoms with Gasteiger partial charge in [-0.1, -0.05) is 18.2 Å². The predicted molar refractivity (Wildman–Crippen MR) is 159 cm³/mol. The maximum absolute atomic E-state index is 13.9. The maximum Gasteiger partial charge on any atom is 0.322 e. The molecule has 6 rings (SSSR count). The molecular formula is C30H26FN7O2S. The maximum atomic E-state index is 13.9. The van der Waals surface area contributed by atoms with Gasteiger partial charge in [0.2, 0.25) is 0 Å². The van der Waals surface area contributed by atoms with E-state index in [9.17, 15) is 14.0 Å². The lowest BCUT2D eigenvalue weighted by atomic mass is 10.0. The number of aromatic nitrogens is 3. The molecule has 0 bridgehead atoms. The van der Waals surface area contributed by atoms with Gasteiger partial charge in [-0.2, -0.15) is 0 Å². The van der Waals surface area contributed by atoms with Crippen molar-refractivity contribution in [2.75, 3.05) is 41.7 Å². The number of fused-ring (bicyclic) bond motifs is 1. The van der Waals surface area contributed by atoms with Gasteiger partial charge in [-0.05, 0) is 59.8 Å². The standard InChI is InChI=1S/C30H26FN7O2S/c1-19-23-14-20(21-15-32-18-33-16-21)6-8-26(23)41-28(19)29(39)35-22-7-9-27(34-17-22)37-10-12-38(13-11-37)30(40)36-25-5-3-2-4-24(25)31/h2-9,14-18H,10-13H2,1H3,(H,35,39)(H,36,40). The van der Waals surface area contributed by atoms with Gasteiger partial charge in [0, 0.05) is 48.8 Å². The van der Waals surface area contributed by atoms with Gasteiger partial charge in [0.15, 0.2) is 0 Å². The normalized spacial score (nSPS) is 13.3. The Morgan fingerprint density at radius 1 is 0.902 bits per heavy atom. The van der Waals surface area contributed by atoms with Crippen LogP contribution in [0.2, 0.25) is 0 Å². The highest BCUT2D eigenvalue weighted by atomic mass is 32.1. The highest BCUT2D eigenvalue weighted by Gasteiger charge is 2.23. The van der Waals surface area contributed by atoms with Gasteiger partial charge in [-0.15, -0.1) is 11.3 Å². The Morgan fingerprint density at radius 3 is 2.41 bits per heavy atom. The van der Waals surface area contributed by atoms with E-state index in [1.165, 1.54) is 29.8 Å². The van der Waals surface area contributed by atoms with Crippen molar-refractivity contribution in [2.45, 2.75) is 6.92 Å². The molecule has 41 heavy (non-hydrogen) atoms. The number of pyridine rings is 1. The third kappa shape index (κ3) is 5.57. The Labute approximate surface area is 239 Å². The number of rotatable bonds is 5. The molecule has 0 atom stereocenters. The van der Waals surface area contributed by atoms with Crippen molar-refractivity contribution in [1.82, 2.24) is 19.9 Å². The molecule has 2 N–H and O–H groups in total. The summed E-state index contributed by atoms with van der Waals surface area (Å²) in [5.41, 5.74) is 3.60. The summed E-state index contributed by atoms with van der Waals surface area (Å²) in [6.45, 7) is 4.08. The van der Waals surface area contributed by atoms with Crippen LogP contribution in [0.1, 0.15) is 15.2 Å². The lowest BCUT2D eigenvalue weighted by Gasteiger charge is -2.35. The van der Waals surface area contributed by atoms with Gasteiger partial charge in [-0.25, -0.2) is 24.1 Å². The molecule has 0 unspecified atom stereocenters. The summed E-state index contributed by atoms with van der Waals surface area (Å²) >= 11 is 1.45. The van der Waals surface area contributed by atoms with Crippen LogP contribution in [0.15, 0.2) is 79.5 Å². The van der Waals surface area contributed by atoms with Crippen LogP contribution in [0.5, 0.6) is 0 Å². The Morgan fingerprint density at radius 2 is 1.68 bits per heavy atom. The fraction of sp³-hybridized carbons (Fsp3) is 0.167. The summed E-state index contributed by atoms with van der Waals surface area (Å²) in [5.74, 6) is 0.107. The van der Waals surface area contributed by atoms with Crippen LogP contribution in [0.3, 0.4) is 0 Å². The molecule has 1 aliphatic rings. The Hall–Kier alpha value is -4.90. The molecule has 5 aromatic rings. The number of nitrogens with one attached hydrogen (secondary N) is 2. The molecule has 1 fully saturated rings. The van der Waals surface area contributed by atoms with Crippen molar-refractivity contribution in [3.8, 4) is 11.1 Å². The molecule has 0 radical (unpaired) electrons. The van der Waals surface area contributed by atoms with Crippen LogP contribution in [-0.2, 0) is 0 Å².